The van der Waals surface area contributed by atoms with Crippen molar-refractivity contribution < 1.29 is 9.72 Å². The number of nitro benzene ring substituents is 1. The summed E-state index contributed by atoms with van der Waals surface area (Å²) >= 11 is 12.2. The number of nitrogens with zero attached hydrogens (tertiary/aromatic N) is 3. The smallest absolute Gasteiger partial charge is 0.272 e. The monoisotopic (exact) mass is 490 g/mol. The maximum atomic E-state index is 12.8. The van der Waals surface area contributed by atoms with Gasteiger partial charge in [0.1, 0.15) is 11.6 Å². The van der Waals surface area contributed by atoms with E-state index in [4.69, 9.17) is 23.2 Å². The largest absolute Gasteiger partial charge is 0.342 e. The van der Waals surface area contributed by atoms with Gasteiger partial charge in [-0.05, 0) is 17.7 Å². The molecule has 3 aromatic carbocycles. The molecule has 0 saturated carbocycles. The highest BCUT2D eigenvalue weighted by Gasteiger charge is 2.19. The van der Waals surface area contributed by atoms with Gasteiger partial charge in [-0.2, -0.15) is 5.26 Å². The zero-order valence-corrected chi connectivity index (χ0v) is 19.0. The number of anilines is 1. The highest BCUT2D eigenvalue weighted by Crippen LogP contribution is 2.35. The van der Waals surface area contributed by atoms with E-state index in [1.54, 1.807) is 0 Å². The Kier molecular flexibility index (Phi) is 6.64. The zero-order chi connectivity index (χ0) is 24.2. The molecule has 0 aliphatic rings. The van der Waals surface area contributed by atoms with E-state index < -0.39 is 10.8 Å². The Morgan fingerprint density at radius 2 is 1.74 bits per heavy atom. The molecule has 0 aliphatic carbocycles. The molecule has 0 bridgehead atoms. The number of rotatable bonds is 6. The first-order chi connectivity index (χ1) is 16.4. The first kappa shape index (κ1) is 23.1. The second kappa shape index (κ2) is 9.79. The standard InChI is InChI=1S/C25H16Cl2N4O3/c26-21-11-19(31(33)34)12-22(27)24(21)29-25(32)17(13-28)10-18-15-30(14-16-6-2-1-3-7-16)23-9-5-4-8-20(18)23/h1-12,15H,14H2,(H,29,32)/b17-10+. The summed E-state index contributed by atoms with van der Waals surface area (Å²) in [6.45, 7) is 0.622. The molecule has 168 valence electrons. The van der Waals surface area contributed by atoms with Crippen molar-refractivity contribution >= 4 is 57.5 Å². The van der Waals surface area contributed by atoms with E-state index in [0.29, 0.717) is 12.1 Å². The summed E-state index contributed by atoms with van der Waals surface area (Å²) in [6, 6.07) is 21.7. The lowest BCUT2D eigenvalue weighted by Gasteiger charge is -2.08. The quantitative estimate of drug-likeness (QED) is 0.145. The average molecular weight is 491 g/mol. The van der Waals surface area contributed by atoms with Crippen molar-refractivity contribution in [3.05, 3.63) is 110 Å². The lowest BCUT2D eigenvalue weighted by Crippen LogP contribution is -2.14. The summed E-state index contributed by atoms with van der Waals surface area (Å²) < 4.78 is 2.05. The van der Waals surface area contributed by atoms with Crippen molar-refractivity contribution in [3.63, 3.8) is 0 Å². The van der Waals surface area contributed by atoms with Crippen LogP contribution in [0.1, 0.15) is 11.1 Å². The number of nitriles is 1. The van der Waals surface area contributed by atoms with Crippen LogP contribution >= 0.6 is 23.2 Å². The third-order valence-electron chi connectivity index (χ3n) is 5.16. The van der Waals surface area contributed by atoms with Gasteiger partial charge in [0.2, 0.25) is 0 Å². The number of fused-ring (bicyclic) bond motifs is 1. The Morgan fingerprint density at radius 3 is 2.38 bits per heavy atom. The fraction of sp³-hybridized carbons (Fsp3) is 0.0400. The van der Waals surface area contributed by atoms with Crippen LogP contribution in [0.15, 0.2) is 78.5 Å². The van der Waals surface area contributed by atoms with Gasteiger partial charge in [0, 0.05) is 41.3 Å². The number of hydrogen-bond acceptors (Lipinski definition) is 4. The van der Waals surface area contributed by atoms with Gasteiger partial charge >= 0.3 is 0 Å². The molecule has 0 saturated heterocycles. The lowest BCUT2D eigenvalue weighted by atomic mass is 10.1. The Hall–Kier alpha value is -4.12. The predicted octanol–water partition coefficient (Wildman–Crippen LogP) is 6.45. The van der Waals surface area contributed by atoms with Crippen molar-refractivity contribution in [3.8, 4) is 6.07 Å². The summed E-state index contributed by atoms with van der Waals surface area (Å²) in [5.74, 6) is -0.736. The number of amides is 1. The number of benzene rings is 3. The van der Waals surface area contributed by atoms with Gasteiger partial charge in [-0.15, -0.1) is 0 Å². The summed E-state index contributed by atoms with van der Waals surface area (Å²) in [4.78, 5) is 23.2. The molecule has 0 fully saturated rings. The van der Waals surface area contributed by atoms with Crippen LogP contribution in [-0.4, -0.2) is 15.4 Å². The highest BCUT2D eigenvalue weighted by molar-refractivity contribution is 6.40. The molecule has 0 aliphatic heterocycles. The summed E-state index contributed by atoms with van der Waals surface area (Å²) in [6.07, 6.45) is 3.38. The maximum absolute atomic E-state index is 12.8. The predicted molar refractivity (Wildman–Crippen MR) is 133 cm³/mol. The molecule has 1 heterocycles. The normalized spacial score (nSPS) is 11.3. The SMILES string of the molecule is N#C/C(=C\c1cn(Cc2ccccc2)c2ccccc12)C(=O)Nc1c(Cl)cc([N+](=O)[O-])cc1Cl. The molecule has 7 nitrogen and oxygen atoms in total. The van der Waals surface area contributed by atoms with E-state index in [2.05, 4.69) is 5.32 Å². The van der Waals surface area contributed by atoms with Gasteiger partial charge in [-0.3, -0.25) is 14.9 Å². The molecular formula is C25H16Cl2N4O3. The van der Waals surface area contributed by atoms with E-state index in [-0.39, 0.29) is 27.0 Å². The van der Waals surface area contributed by atoms with E-state index in [9.17, 15) is 20.2 Å². The van der Waals surface area contributed by atoms with Crippen molar-refractivity contribution in [2.75, 3.05) is 5.32 Å². The van der Waals surface area contributed by atoms with Crippen molar-refractivity contribution in [2.24, 2.45) is 0 Å². The van der Waals surface area contributed by atoms with Crippen LogP contribution in [0.2, 0.25) is 10.0 Å². The molecule has 1 N–H and O–H groups in total. The topological polar surface area (TPSA) is 101 Å². The third kappa shape index (κ3) is 4.79. The van der Waals surface area contributed by atoms with Crippen LogP contribution < -0.4 is 5.32 Å². The molecule has 0 radical (unpaired) electrons. The zero-order valence-electron chi connectivity index (χ0n) is 17.5. The van der Waals surface area contributed by atoms with Crippen LogP contribution in [0.3, 0.4) is 0 Å². The van der Waals surface area contributed by atoms with Crippen molar-refractivity contribution in [2.45, 2.75) is 6.54 Å². The molecule has 9 heteroatoms. The number of halogens is 2. The minimum Gasteiger partial charge on any atom is -0.342 e. The Labute approximate surface area is 204 Å². The van der Waals surface area contributed by atoms with Crippen LogP contribution in [0.4, 0.5) is 11.4 Å². The number of para-hydroxylation sites is 1. The maximum Gasteiger partial charge on any atom is 0.272 e. The minimum absolute atomic E-state index is 0.00779. The average Bonchev–Trinajstić information content (AvgIpc) is 3.17. The Bertz CT molecular complexity index is 1460. The molecule has 1 aromatic heterocycles. The van der Waals surface area contributed by atoms with Crippen LogP contribution in [-0.2, 0) is 11.3 Å². The van der Waals surface area contributed by atoms with E-state index in [0.717, 1.165) is 28.6 Å². The first-order valence-electron chi connectivity index (χ1n) is 10.1. The number of non-ortho nitro benzene ring substituents is 1. The lowest BCUT2D eigenvalue weighted by molar-refractivity contribution is -0.384. The Balaban J connectivity index is 1.68. The molecule has 4 rings (SSSR count). The molecule has 1 amide bonds. The van der Waals surface area contributed by atoms with Gasteiger partial charge in [0.05, 0.1) is 20.7 Å². The van der Waals surface area contributed by atoms with E-state index in [1.165, 1.54) is 6.08 Å². The van der Waals surface area contributed by atoms with Gasteiger partial charge < -0.3 is 9.88 Å². The van der Waals surface area contributed by atoms with Gasteiger partial charge in [-0.1, -0.05) is 71.7 Å². The fourth-order valence-corrected chi connectivity index (χ4v) is 4.14. The van der Waals surface area contributed by atoms with Crippen molar-refractivity contribution in [1.29, 1.82) is 5.26 Å². The summed E-state index contributed by atoms with van der Waals surface area (Å²) in [5, 5.41) is 23.8. The third-order valence-corrected chi connectivity index (χ3v) is 5.75. The molecular weight excluding hydrogens is 475 g/mol. The first-order valence-corrected chi connectivity index (χ1v) is 10.8. The van der Waals surface area contributed by atoms with Crippen LogP contribution in [0, 0.1) is 21.4 Å². The number of nitro groups is 1. The minimum atomic E-state index is -0.736. The molecule has 0 unspecified atom stereocenters. The number of carbonyl (C=O) groups is 1. The second-order valence-corrected chi connectivity index (χ2v) is 8.19. The van der Waals surface area contributed by atoms with Crippen LogP contribution in [0.5, 0.6) is 0 Å². The second-order valence-electron chi connectivity index (χ2n) is 7.38. The summed E-state index contributed by atoms with van der Waals surface area (Å²) in [7, 11) is 0. The highest BCUT2D eigenvalue weighted by atomic mass is 35.5. The van der Waals surface area contributed by atoms with E-state index >= 15 is 0 Å². The Morgan fingerprint density at radius 1 is 1.09 bits per heavy atom. The van der Waals surface area contributed by atoms with Gasteiger partial charge in [0.25, 0.3) is 11.6 Å². The molecule has 34 heavy (non-hydrogen) atoms. The molecule has 4 aromatic rings. The van der Waals surface area contributed by atoms with Crippen LogP contribution in [0.25, 0.3) is 17.0 Å². The molecule has 0 atom stereocenters. The fourth-order valence-electron chi connectivity index (χ4n) is 3.57. The number of hydrogen-bond donors (Lipinski definition) is 1. The molecule has 0 spiro atoms. The van der Waals surface area contributed by atoms with Crippen molar-refractivity contribution in [1.82, 2.24) is 4.57 Å². The van der Waals surface area contributed by atoms with Gasteiger partial charge in [0.15, 0.2) is 0 Å². The summed E-state index contributed by atoms with van der Waals surface area (Å²) in [5.41, 5.74) is 2.27. The van der Waals surface area contributed by atoms with Gasteiger partial charge in [-0.25, -0.2) is 0 Å². The number of nitrogens with one attached hydrogen (secondary N) is 1. The number of carbonyl (C=O) groups excluding carboxylic acids is 1. The van der Waals surface area contributed by atoms with E-state index in [1.807, 2.05) is 71.4 Å². The number of aromatic nitrogens is 1.